The molecule has 5 atom stereocenters. The Morgan fingerprint density at radius 1 is 1.52 bits per heavy atom. The highest BCUT2D eigenvalue weighted by Gasteiger charge is 2.49. The lowest BCUT2D eigenvalue weighted by Crippen LogP contribution is -2.54. The monoisotopic (exact) mass is 329 g/mol. The summed E-state index contributed by atoms with van der Waals surface area (Å²) in [4.78, 5) is 12.4. The summed E-state index contributed by atoms with van der Waals surface area (Å²) < 4.78 is 9.92. The van der Waals surface area contributed by atoms with Gasteiger partial charge in [-0.15, -0.1) is 0 Å². The molecular weight excluding hydrogens is 302 g/mol. The van der Waals surface area contributed by atoms with Crippen molar-refractivity contribution in [3.63, 3.8) is 0 Å². The van der Waals surface area contributed by atoms with Gasteiger partial charge in [-0.25, -0.2) is 4.79 Å². The highest BCUT2D eigenvalue weighted by Crippen LogP contribution is 2.36. The lowest BCUT2D eigenvalue weighted by molar-refractivity contribution is -0.877. The highest BCUT2D eigenvalue weighted by molar-refractivity contribution is 5.80. The van der Waals surface area contributed by atoms with E-state index in [1.165, 1.54) is 7.11 Å². The van der Waals surface area contributed by atoms with Gasteiger partial charge < -0.3 is 29.5 Å². The standard InChI is InChI=1S/C16H27NO6/c1-10(2)16(20,11(3)22-4)15(19)23-9-12-5-7-17(21)8-6-13(18)14(12)17/h5,10-11,13-14,18,20H,6-9H2,1-4H3/t11?,13-,14+,16?,17?/m0/s1. The normalized spacial score (nSPS) is 34.0. The number of esters is 1. The van der Waals surface area contributed by atoms with E-state index in [4.69, 9.17) is 9.47 Å². The lowest BCUT2D eigenvalue weighted by atomic mass is 9.85. The predicted octanol–water partition coefficient (Wildman–Crippen LogP) is 0.339. The minimum atomic E-state index is -1.76. The quantitative estimate of drug-likeness (QED) is 0.315. The third-order valence-electron chi connectivity index (χ3n) is 5.27. The van der Waals surface area contributed by atoms with Crippen molar-refractivity contribution in [3.8, 4) is 0 Å². The molecule has 0 amide bonds. The number of aliphatic hydroxyl groups is 2. The SMILES string of the molecule is COC(C)C(O)(C(=O)OCC1=CC[N+]2([O-])CC[C@H](O)[C@@H]12)C(C)C. The van der Waals surface area contributed by atoms with Gasteiger partial charge in [0.05, 0.1) is 19.2 Å². The van der Waals surface area contributed by atoms with Crippen molar-refractivity contribution >= 4 is 5.97 Å². The third-order valence-corrected chi connectivity index (χ3v) is 5.27. The first kappa shape index (κ1) is 18.4. The molecule has 2 N–H and O–H groups in total. The van der Waals surface area contributed by atoms with E-state index in [1.807, 2.05) is 0 Å². The zero-order valence-electron chi connectivity index (χ0n) is 14.2. The molecule has 23 heavy (non-hydrogen) atoms. The topological polar surface area (TPSA) is 99.1 Å². The van der Waals surface area contributed by atoms with E-state index >= 15 is 0 Å². The number of fused-ring (bicyclic) bond motifs is 1. The van der Waals surface area contributed by atoms with Crippen LogP contribution in [0.25, 0.3) is 0 Å². The second-order valence-corrected chi connectivity index (χ2v) is 6.87. The van der Waals surface area contributed by atoms with Crippen LogP contribution in [0.2, 0.25) is 0 Å². The van der Waals surface area contributed by atoms with Crippen LogP contribution in [0.15, 0.2) is 11.6 Å². The van der Waals surface area contributed by atoms with E-state index in [9.17, 15) is 20.2 Å². The molecule has 2 heterocycles. The van der Waals surface area contributed by atoms with Crippen molar-refractivity contribution < 1.29 is 29.1 Å². The van der Waals surface area contributed by atoms with Gasteiger partial charge in [0, 0.05) is 19.1 Å². The Morgan fingerprint density at radius 2 is 2.17 bits per heavy atom. The van der Waals surface area contributed by atoms with E-state index in [-0.39, 0.29) is 13.2 Å². The molecule has 0 aliphatic carbocycles. The summed E-state index contributed by atoms with van der Waals surface area (Å²) in [6.45, 7) is 5.61. The summed E-state index contributed by atoms with van der Waals surface area (Å²) in [7, 11) is 1.42. The first-order valence-corrected chi connectivity index (χ1v) is 8.04. The molecule has 7 nitrogen and oxygen atoms in total. The maximum absolute atomic E-state index is 12.5. The van der Waals surface area contributed by atoms with Crippen LogP contribution in [0.4, 0.5) is 0 Å². The maximum Gasteiger partial charge on any atom is 0.341 e. The van der Waals surface area contributed by atoms with Crippen LogP contribution >= 0.6 is 0 Å². The number of hydrogen-bond donors (Lipinski definition) is 2. The fraction of sp³-hybridized carbons (Fsp3) is 0.812. The third kappa shape index (κ3) is 3.04. The molecular formula is C16H27NO6. The first-order chi connectivity index (χ1) is 10.7. The van der Waals surface area contributed by atoms with E-state index in [0.29, 0.717) is 18.5 Å². The molecule has 0 spiro atoms. The van der Waals surface area contributed by atoms with Gasteiger partial charge in [0.1, 0.15) is 18.8 Å². The van der Waals surface area contributed by atoms with Gasteiger partial charge >= 0.3 is 5.97 Å². The first-order valence-electron chi connectivity index (χ1n) is 8.04. The Hall–Kier alpha value is -0.990. The number of nitrogens with zero attached hydrogens (tertiary/aromatic N) is 1. The van der Waals surface area contributed by atoms with Gasteiger partial charge in [-0.2, -0.15) is 0 Å². The van der Waals surface area contributed by atoms with Crippen LogP contribution in [0.1, 0.15) is 27.2 Å². The predicted molar refractivity (Wildman–Crippen MR) is 83.1 cm³/mol. The van der Waals surface area contributed by atoms with Crippen LogP contribution < -0.4 is 0 Å². The van der Waals surface area contributed by atoms with Crippen molar-refractivity contribution in [2.24, 2.45) is 5.92 Å². The molecule has 0 aromatic rings. The van der Waals surface area contributed by atoms with Crippen molar-refractivity contribution in [1.82, 2.24) is 0 Å². The fourth-order valence-corrected chi connectivity index (χ4v) is 3.57. The number of carbonyl (C=O) groups excluding carboxylic acids is 1. The van der Waals surface area contributed by atoms with Crippen LogP contribution in [-0.4, -0.2) is 71.5 Å². The molecule has 3 unspecified atom stereocenters. The minimum Gasteiger partial charge on any atom is -0.632 e. The van der Waals surface area contributed by atoms with Gasteiger partial charge in [0.2, 0.25) is 0 Å². The van der Waals surface area contributed by atoms with Gasteiger partial charge in [-0.1, -0.05) is 13.8 Å². The van der Waals surface area contributed by atoms with Crippen LogP contribution in [0.5, 0.6) is 0 Å². The summed E-state index contributed by atoms with van der Waals surface area (Å²) >= 11 is 0. The van der Waals surface area contributed by atoms with Crippen LogP contribution in [0.3, 0.4) is 0 Å². The molecule has 1 fully saturated rings. The van der Waals surface area contributed by atoms with Crippen molar-refractivity contribution in [3.05, 3.63) is 16.9 Å². The number of carbonyl (C=O) groups is 1. The number of aliphatic hydroxyl groups excluding tert-OH is 1. The average molecular weight is 329 g/mol. The fourth-order valence-electron chi connectivity index (χ4n) is 3.57. The van der Waals surface area contributed by atoms with Gasteiger partial charge in [-0.3, -0.25) is 0 Å². The summed E-state index contributed by atoms with van der Waals surface area (Å²) in [6, 6.07) is -0.560. The van der Waals surface area contributed by atoms with Crippen LogP contribution in [-0.2, 0) is 14.3 Å². The minimum absolute atomic E-state index is 0.0890. The second kappa shape index (κ2) is 6.49. The molecule has 0 aromatic heterocycles. The van der Waals surface area contributed by atoms with Crippen LogP contribution in [0, 0.1) is 11.1 Å². The molecule has 2 aliphatic rings. The molecule has 2 rings (SSSR count). The maximum atomic E-state index is 12.5. The number of hydrogen-bond acceptors (Lipinski definition) is 6. The molecule has 0 aromatic carbocycles. The zero-order chi connectivity index (χ0) is 17.4. The second-order valence-electron chi connectivity index (χ2n) is 6.87. The summed E-state index contributed by atoms with van der Waals surface area (Å²) in [5, 5.41) is 33.2. The Morgan fingerprint density at radius 3 is 2.74 bits per heavy atom. The van der Waals surface area contributed by atoms with Crippen molar-refractivity contribution in [2.75, 3.05) is 26.8 Å². The molecule has 132 valence electrons. The number of ether oxygens (including phenoxy) is 2. The Bertz CT molecular complexity index is 493. The highest BCUT2D eigenvalue weighted by atomic mass is 16.6. The number of hydroxylamine groups is 3. The molecule has 0 bridgehead atoms. The van der Waals surface area contributed by atoms with E-state index in [1.54, 1.807) is 26.8 Å². The largest absolute Gasteiger partial charge is 0.632 e. The van der Waals surface area contributed by atoms with Gasteiger partial charge in [0.25, 0.3) is 0 Å². The van der Waals surface area contributed by atoms with E-state index in [0.717, 1.165) is 0 Å². The summed E-state index contributed by atoms with van der Waals surface area (Å²) in [6.07, 6.45) is 0.762. The Kier molecular flexibility index (Phi) is 5.18. The molecule has 1 saturated heterocycles. The van der Waals surface area contributed by atoms with Crippen molar-refractivity contribution in [1.29, 1.82) is 0 Å². The average Bonchev–Trinajstić information content (AvgIpc) is 2.99. The molecule has 2 aliphatic heterocycles. The Balaban J connectivity index is 2.04. The molecule has 0 radical (unpaired) electrons. The smallest absolute Gasteiger partial charge is 0.341 e. The Labute approximate surface area is 136 Å². The van der Waals surface area contributed by atoms with E-state index in [2.05, 4.69) is 0 Å². The number of quaternary nitrogens is 1. The number of methoxy groups -OCH3 is 1. The van der Waals surface area contributed by atoms with E-state index < -0.39 is 40.4 Å². The van der Waals surface area contributed by atoms with Gasteiger partial charge in [-0.05, 0) is 18.9 Å². The van der Waals surface area contributed by atoms with Crippen molar-refractivity contribution in [2.45, 2.75) is 51.0 Å². The molecule has 7 heteroatoms. The lowest BCUT2D eigenvalue weighted by Gasteiger charge is -2.40. The molecule has 0 saturated carbocycles. The summed E-state index contributed by atoms with van der Waals surface area (Å²) in [5.74, 6) is -1.17. The summed E-state index contributed by atoms with van der Waals surface area (Å²) in [5.41, 5.74) is -1.12. The van der Waals surface area contributed by atoms with Gasteiger partial charge in [0.15, 0.2) is 5.60 Å². The zero-order valence-corrected chi connectivity index (χ0v) is 14.2. The number of rotatable bonds is 6.